The lowest BCUT2D eigenvalue weighted by molar-refractivity contribution is -0.142. The molecule has 0 aromatic rings. The number of piperidine rings is 1. The highest BCUT2D eigenvalue weighted by Gasteiger charge is 2.32. The molecular formula is C15H28N2O3. The van der Waals surface area contributed by atoms with Crippen molar-refractivity contribution in [3.8, 4) is 0 Å². The van der Waals surface area contributed by atoms with Crippen LogP contribution in [0.3, 0.4) is 0 Å². The molecule has 0 aromatic carbocycles. The lowest BCUT2D eigenvalue weighted by Gasteiger charge is -2.35. The van der Waals surface area contributed by atoms with Gasteiger partial charge in [0, 0.05) is 25.6 Å². The maximum absolute atomic E-state index is 12.4. The van der Waals surface area contributed by atoms with Gasteiger partial charge in [-0.3, -0.25) is 9.59 Å². The molecule has 0 bridgehead atoms. The van der Waals surface area contributed by atoms with E-state index in [4.69, 9.17) is 5.11 Å². The molecule has 1 aliphatic rings. The Balaban J connectivity index is 2.64. The summed E-state index contributed by atoms with van der Waals surface area (Å²) in [5.41, 5.74) is 0. The summed E-state index contributed by atoms with van der Waals surface area (Å²) in [6.45, 7) is 4.72. The summed E-state index contributed by atoms with van der Waals surface area (Å²) in [6, 6.07) is -0.326. The maximum atomic E-state index is 12.4. The van der Waals surface area contributed by atoms with Gasteiger partial charge in [0.05, 0.1) is 0 Å². The molecule has 0 saturated carbocycles. The van der Waals surface area contributed by atoms with E-state index in [1.807, 2.05) is 13.8 Å². The molecule has 2 N–H and O–H groups in total. The van der Waals surface area contributed by atoms with Gasteiger partial charge in [-0.2, -0.15) is 0 Å². The van der Waals surface area contributed by atoms with Crippen LogP contribution in [0, 0.1) is 0 Å². The maximum Gasteiger partial charge on any atom is 0.243 e. The minimum absolute atomic E-state index is 0.00227. The largest absolute Gasteiger partial charge is 0.396 e. The molecule has 2 unspecified atom stereocenters. The van der Waals surface area contributed by atoms with Gasteiger partial charge in [0.2, 0.25) is 11.8 Å². The van der Waals surface area contributed by atoms with Crippen LogP contribution < -0.4 is 5.32 Å². The Morgan fingerprint density at radius 1 is 1.35 bits per heavy atom. The quantitative estimate of drug-likeness (QED) is 0.743. The molecular weight excluding hydrogens is 256 g/mol. The first-order valence-corrected chi connectivity index (χ1v) is 7.84. The Hall–Kier alpha value is -1.10. The van der Waals surface area contributed by atoms with E-state index >= 15 is 0 Å². The molecule has 1 aliphatic heterocycles. The Bertz CT molecular complexity index is 320. The fraction of sp³-hybridized carbons (Fsp3) is 0.867. The number of aliphatic hydroxyl groups excluding tert-OH is 1. The number of likely N-dealkylation sites (tertiary alicyclic amines) is 1. The van der Waals surface area contributed by atoms with Crippen LogP contribution in [0.5, 0.6) is 0 Å². The molecule has 0 aliphatic carbocycles. The highest BCUT2D eigenvalue weighted by Crippen LogP contribution is 2.19. The van der Waals surface area contributed by atoms with Gasteiger partial charge in [-0.05, 0) is 38.5 Å². The van der Waals surface area contributed by atoms with Crippen LogP contribution >= 0.6 is 0 Å². The van der Waals surface area contributed by atoms with E-state index in [0.717, 1.165) is 32.1 Å². The summed E-state index contributed by atoms with van der Waals surface area (Å²) in [4.78, 5) is 26.2. The van der Waals surface area contributed by atoms with Gasteiger partial charge in [0.15, 0.2) is 0 Å². The number of amides is 2. The van der Waals surface area contributed by atoms with Crippen molar-refractivity contribution in [3.63, 3.8) is 0 Å². The second kappa shape index (κ2) is 8.95. The summed E-state index contributed by atoms with van der Waals surface area (Å²) >= 11 is 0. The molecule has 5 nitrogen and oxygen atoms in total. The van der Waals surface area contributed by atoms with E-state index in [2.05, 4.69) is 5.32 Å². The fourth-order valence-electron chi connectivity index (χ4n) is 2.69. The van der Waals surface area contributed by atoms with Crippen molar-refractivity contribution in [1.82, 2.24) is 10.2 Å². The Labute approximate surface area is 121 Å². The summed E-state index contributed by atoms with van der Waals surface area (Å²) in [7, 11) is 0. The number of nitrogens with one attached hydrogen (secondary N) is 1. The number of nitrogens with zero attached hydrogens (tertiary/aromatic N) is 1. The molecule has 1 heterocycles. The smallest absolute Gasteiger partial charge is 0.243 e. The van der Waals surface area contributed by atoms with Gasteiger partial charge in [0.1, 0.15) is 6.04 Å². The molecule has 116 valence electrons. The first-order chi connectivity index (χ1) is 9.63. The second-order valence-corrected chi connectivity index (χ2v) is 5.47. The monoisotopic (exact) mass is 284 g/mol. The zero-order chi connectivity index (χ0) is 15.0. The molecule has 1 rings (SSSR count). The van der Waals surface area contributed by atoms with Gasteiger partial charge in [-0.1, -0.05) is 13.8 Å². The van der Waals surface area contributed by atoms with E-state index in [-0.39, 0.29) is 30.5 Å². The lowest BCUT2D eigenvalue weighted by Crippen LogP contribution is -2.53. The molecule has 5 heteroatoms. The van der Waals surface area contributed by atoms with Crippen LogP contribution in [0.1, 0.15) is 58.8 Å². The van der Waals surface area contributed by atoms with Crippen LogP contribution in [-0.4, -0.2) is 47.1 Å². The SMILES string of the molecule is CCCC(=O)N1CCCCC1C(=O)NC(CC)CCO. The summed E-state index contributed by atoms with van der Waals surface area (Å²) < 4.78 is 0. The third kappa shape index (κ3) is 4.78. The third-order valence-electron chi connectivity index (χ3n) is 3.91. The van der Waals surface area contributed by atoms with Crippen molar-refractivity contribution < 1.29 is 14.7 Å². The molecule has 0 spiro atoms. The topological polar surface area (TPSA) is 69.6 Å². The van der Waals surface area contributed by atoms with E-state index in [0.29, 0.717) is 19.4 Å². The van der Waals surface area contributed by atoms with Gasteiger partial charge in [-0.25, -0.2) is 0 Å². The Morgan fingerprint density at radius 2 is 2.10 bits per heavy atom. The van der Waals surface area contributed by atoms with E-state index in [1.165, 1.54) is 0 Å². The number of hydrogen-bond donors (Lipinski definition) is 2. The Morgan fingerprint density at radius 3 is 2.70 bits per heavy atom. The van der Waals surface area contributed by atoms with Crippen molar-refractivity contribution in [3.05, 3.63) is 0 Å². The summed E-state index contributed by atoms with van der Waals surface area (Å²) in [5, 5.41) is 12.0. The molecule has 0 radical (unpaired) electrons. The zero-order valence-electron chi connectivity index (χ0n) is 12.7. The minimum Gasteiger partial charge on any atom is -0.396 e. The second-order valence-electron chi connectivity index (χ2n) is 5.47. The van der Waals surface area contributed by atoms with Crippen LogP contribution in [-0.2, 0) is 9.59 Å². The van der Waals surface area contributed by atoms with E-state index < -0.39 is 0 Å². The zero-order valence-corrected chi connectivity index (χ0v) is 12.7. The van der Waals surface area contributed by atoms with Crippen LogP contribution in [0.25, 0.3) is 0 Å². The van der Waals surface area contributed by atoms with Gasteiger partial charge in [-0.15, -0.1) is 0 Å². The van der Waals surface area contributed by atoms with Crippen LogP contribution in [0.2, 0.25) is 0 Å². The summed E-state index contributed by atoms with van der Waals surface area (Å²) in [6.07, 6.45) is 5.40. The predicted molar refractivity (Wildman–Crippen MR) is 78.2 cm³/mol. The third-order valence-corrected chi connectivity index (χ3v) is 3.91. The van der Waals surface area contributed by atoms with Crippen LogP contribution in [0.15, 0.2) is 0 Å². The van der Waals surface area contributed by atoms with Gasteiger partial charge < -0.3 is 15.3 Å². The molecule has 2 amide bonds. The number of hydrogen-bond acceptors (Lipinski definition) is 3. The molecule has 0 aromatic heterocycles. The van der Waals surface area contributed by atoms with Gasteiger partial charge in [0.25, 0.3) is 0 Å². The normalized spacial score (nSPS) is 20.6. The highest BCUT2D eigenvalue weighted by atomic mass is 16.3. The van der Waals surface area contributed by atoms with E-state index in [1.54, 1.807) is 4.90 Å². The molecule has 20 heavy (non-hydrogen) atoms. The van der Waals surface area contributed by atoms with Crippen molar-refractivity contribution in [1.29, 1.82) is 0 Å². The van der Waals surface area contributed by atoms with Crippen molar-refractivity contribution >= 4 is 11.8 Å². The fourth-order valence-corrected chi connectivity index (χ4v) is 2.69. The number of rotatable bonds is 7. The average molecular weight is 284 g/mol. The van der Waals surface area contributed by atoms with Crippen molar-refractivity contribution in [2.45, 2.75) is 70.9 Å². The first-order valence-electron chi connectivity index (χ1n) is 7.84. The average Bonchev–Trinajstić information content (AvgIpc) is 2.46. The van der Waals surface area contributed by atoms with Crippen LogP contribution in [0.4, 0.5) is 0 Å². The van der Waals surface area contributed by atoms with Crippen molar-refractivity contribution in [2.75, 3.05) is 13.2 Å². The highest BCUT2D eigenvalue weighted by molar-refractivity contribution is 5.88. The predicted octanol–water partition coefficient (Wildman–Crippen LogP) is 1.44. The van der Waals surface area contributed by atoms with E-state index in [9.17, 15) is 9.59 Å². The lowest BCUT2D eigenvalue weighted by atomic mass is 10.00. The molecule has 2 atom stereocenters. The molecule has 1 fully saturated rings. The van der Waals surface area contributed by atoms with Crippen molar-refractivity contribution in [2.24, 2.45) is 0 Å². The minimum atomic E-state index is -0.324. The summed E-state index contributed by atoms with van der Waals surface area (Å²) in [5.74, 6) is 0.0250. The molecule has 1 saturated heterocycles. The standard InChI is InChI=1S/C15H28N2O3/c1-3-7-14(19)17-10-6-5-8-13(17)15(20)16-12(4-2)9-11-18/h12-13,18H,3-11H2,1-2H3,(H,16,20). The Kier molecular flexibility index (Phi) is 7.59. The first kappa shape index (κ1) is 17.0. The number of aliphatic hydroxyl groups is 1. The van der Waals surface area contributed by atoms with Gasteiger partial charge >= 0.3 is 0 Å². The number of carbonyl (C=O) groups excluding carboxylic acids is 2. The number of carbonyl (C=O) groups is 2.